The van der Waals surface area contributed by atoms with E-state index in [-0.39, 0.29) is 22.6 Å². The number of carbonyl (C=O) groups excluding carboxylic acids is 2. The van der Waals surface area contributed by atoms with Crippen LogP contribution in [0, 0.1) is 12.7 Å². The van der Waals surface area contributed by atoms with Crippen molar-refractivity contribution in [2.75, 3.05) is 0 Å². The van der Waals surface area contributed by atoms with Gasteiger partial charge >= 0.3 is 0 Å². The minimum atomic E-state index is -0.659. The molecule has 0 aliphatic rings. The van der Waals surface area contributed by atoms with Gasteiger partial charge in [-0.3, -0.25) is 25.2 Å². The molecule has 0 unspecified atom stereocenters. The van der Waals surface area contributed by atoms with Gasteiger partial charge in [-0.25, -0.2) is 13.8 Å². The number of nitrogens with one attached hydrogen (secondary N) is 2. The van der Waals surface area contributed by atoms with Crippen LogP contribution in [-0.4, -0.2) is 31.4 Å². The molecule has 10 heteroatoms. The summed E-state index contributed by atoms with van der Waals surface area (Å²) in [6.45, 7) is 3.94. The minimum Gasteiger partial charge on any atom is -0.267 e. The van der Waals surface area contributed by atoms with Crippen LogP contribution in [0.5, 0.6) is 0 Å². The van der Waals surface area contributed by atoms with E-state index in [9.17, 15) is 18.8 Å². The first kappa shape index (κ1) is 21.9. The van der Waals surface area contributed by atoms with Crippen molar-refractivity contribution in [1.29, 1.82) is 0 Å². The molecule has 2 N–H and O–H groups in total. The van der Waals surface area contributed by atoms with Crippen molar-refractivity contribution in [3.8, 4) is 5.69 Å². The molecule has 2 aromatic heterocycles. The number of halogens is 1. The molecule has 0 saturated heterocycles. The van der Waals surface area contributed by atoms with E-state index in [0.717, 1.165) is 0 Å². The minimum absolute atomic E-state index is 0.0256. The molecule has 0 fully saturated rings. The quantitative estimate of drug-likeness (QED) is 0.456. The summed E-state index contributed by atoms with van der Waals surface area (Å²) in [4.78, 5) is 38.1. The third-order valence-corrected chi connectivity index (χ3v) is 5.13. The Morgan fingerprint density at radius 3 is 2.36 bits per heavy atom. The molecule has 2 aromatic carbocycles. The number of fused-ring (bicyclic) bond motifs is 1. The van der Waals surface area contributed by atoms with Crippen LogP contribution in [0.15, 0.2) is 59.5 Å². The van der Waals surface area contributed by atoms with Crippen molar-refractivity contribution in [3.63, 3.8) is 0 Å². The summed E-state index contributed by atoms with van der Waals surface area (Å²) in [5.41, 5.74) is 5.79. The molecule has 2 amide bonds. The molecule has 0 bridgehead atoms. The highest BCUT2D eigenvalue weighted by Gasteiger charge is 2.19. The second-order valence-corrected chi connectivity index (χ2v) is 7.36. The van der Waals surface area contributed by atoms with Gasteiger partial charge in [0.2, 0.25) is 0 Å². The van der Waals surface area contributed by atoms with Gasteiger partial charge in [-0.1, -0.05) is 25.1 Å². The zero-order valence-electron chi connectivity index (χ0n) is 18.0. The lowest BCUT2D eigenvalue weighted by molar-refractivity contribution is 0.0843. The largest absolute Gasteiger partial charge is 0.290 e. The molecule has 0 spiro atoms. The van der Waals surface area contributed by atoms with E-state index < -0.39 is 11.8 Å². The Labute approximate surface area is 187 Å². The van der Waals surface area contributed by atoms with E-state index in [1.165, 1.54) is 27.7 Å². The monoisotopic (exact) mass is 448 g/mol. The molecule has 9 nitrogen and oxygen atoms in total. The molecule has 0 atom stereocenters. The maximum atomic E-state index is 13.2. The van der Waals surface area contributed by atoms with Gasteiger partial charge in [0.1, 0.15) is 5.82 Å². The number of hydrogen-bond acceptors (Lipinski definition) is 5. The Morgan fingerprint density at radius 2 is 1.67 bits per heavy atom. The number of nitrogens with zero attached hydrogens (tertiary/aromatic N) is 4. The van der Waals surface area contributed by atoms with E-state index in [4.69, 9.17) is 0 Å². The Hall–Kier alpha value is -4.34. The lowest BCUT2D eigenvalue weighted by Crippen LogP contribution is -2.43. The van der Waals surface area contributed by atoms with E-state index in [2.05, 4.69) is 21.0 Å². The number of amides is 2. The summed E-state index contributed by atoms with van der Waals surface area (Å²) in [7, 11) is 0. The van der Waals surface area contributed by atoms with Gasteiger partial charge in [-0.15, -0.1) is 0 Å². The fraction of sp³-hybridized carbons (Fsp3) is 0.174. The highest BCUT2D eigenvalue weighted by molar-refractivity contribution is 6.06. The predicted molar refractivity (Wildman–Crippen MR) is 119 cm³/mol. The van der Waals surface area contributed by atoms with Gasteiger partial charge in [-0.05, 0) is 43.7 Å². The van der Waals surface area contributed by atoms with Gasteiger partial charge in [0.05, 0.1) is 28.5 Å². The second-order valence-electron chi connectivity index (χ2n) is 7.36. The smallest absolute Gasteiger partial charge is 0.267 e. The third-order valence-electron chi connectivity index (χ3n) is 5.13. The van der Waals surface area contributed by atoms with Gasteiger partial charge in [0.15, 0.2) is 5.69 Å². The number of rotatable bonds is 5. The topological polar surface area (TPSA) is 111 Å². The highest BCUT2D eigenvalue weighted by Crippen LogP contribution is 2.15. The molecule has 0 aliphatic carbocycles. The SMILES string of the molecule is CCCn1nc(C(=O)NNC(=O)c2cnn(-c3ccc(F)cc3)c2C)c2ccccc2c1=O. The molecule has 2 heterocycles. The number of carbonyl (C=O) groups is 2. The summed E-state index contributed by atoms with van der Waals surface area (Å²) in [5, 5.41) is 9.14. The highest BCUT2D eigenvalue weighted by atomic mass is 19.1. The van der Waals surface area contributed by atoms with Crippen molar-refractivity contribution in [2.45, 2.75) is 26.8 Å². The normalized spacial score (nSPS) is 10.9. The van der Waals surface area contributed by atoms with Gasteiger partial charge in [-0.2, -0.15) is 10.2 Å². The maximum Gasteiger partial charge on any atom is 0.290 e. The second kappa shape index (κ2) is 9.03. The first-order valence-electron chi connectivity index (χ1n) is 10.3. The number of aryl methyl sites for hydroxylation is 1. The third kappa shape index (κ3) is 4.22. The fourth-order valence-corrected chi connectivity index (χ4v) is 3.48. The molecular formula is C23H21FN6O3. The van der Waals surface area contributed by atoms with Gasteiger partial charge in [0, 0.05) is 11.9 Å². The molecule has 168 valence electrons. The molecule has 0 aliphatic heterocycles. The zero-order valence-corrected chi connectivity index (χ0v) is 18.0. The van der Waals surface area contributed by atoms with Crippen LogP contribution in [0.4, 0.5) is 4.39 Å². The number of hydrogen-bond donors (Lipinski definition) is 2. The number of benzene rings is 2. The van der Waals surface area contributed by atoms with Gasteiger partial charge in [0.25, 0.3) is 17.4 Å². The Kier molecular flexibility index (Phi) is 5.99. The summed E-state index contributed by atoms with van der Waals surface area (Å²) < 4.78 is 15.9. The van der Waals surface area contributed by atoms with Crippen molar-refractivity contribution in [3.05, 3.63) is 87.9 Å². The molecule has 33 heavy (non-hydrogen) atoms. The van der Waals surface area contributed by atoms with Crippen LogP contribution in [0.25, 0.3) is 16.5 Å². The summed E-state index contributed by atoms with van der Waals surface area (Å²) in [5.74, 6) is -1.62. The average molecular weight is 448 g/mol. The molecule has 4 rings (SSSR count). The van der Waals surface area contributed by atoms with E-state index in [1.54, 1.807) is 43.3 Å². The Morgan fingerprint density at radius 1 is 1.00 bits per heavy atom. The van der Waals surface area contributed by atoms with Crippen molar-refractivity contribution in [1.82, 2.24) is 30.4 Å². The summed E-state index contributed by atoms with van der Waals surface area (Å²) >= 11 is 0. The zero-order chi connectivity index (χ0) is 23.5. The lowest BCUT2D eigenvalue weighted by atomic mass is 10.1. The van der Waals surface area contributed by atoms with E-state index in [1.807, 2.05) is 6.92 Å². The maximum absolute atomic E-state index is 13.2. The van der Waals surface area contributed by atoms with Crippen LogP contribution >= 0.6 is 0 Å². The summed E-state index contributed by atoms with van der Waals surface area (Å²) in [6, 6.07) is 12.4. The van der Waals surface area contributed by atoms with Crippen LogP contribution in [0.1, 0.15) is 39.9 Å². The van der Waals surface area contributed by atoms with Gasteiger partial charge < -0.3 is 0 Å². The van der Waals surface area contributed by atoms with E-state index in [0.29, 0.717) is 35.1 Å². The fourth-order valence-electron chi connectivity index (χ4n) is 3.48. The molecule has 0 radical (unpaired) electrons. The standard InChI is InChI=1S/C23H21FN6O3/c1-3-12-29-23(33)18-7-5-4-6-17(18)20(28-29)22(32)27-26-21(31)19-13-25-30(14(19)2)16-10-8-15(24)9-11-16/h4-11,13H,3,12H2,1-2H3,(H,26,31)(H,27,32). The first-order valence-corrected chi connectivity index (χ1v) is 10.3. The first-order chi connectivity index (χ1) is 15.9. The van der Waals surface area contributed by atoms with Crippen LogP contribution in [0.3, 0.4) is 0 Å². The molecule has 0 saturated carbocycles. The van der Waals surface area contributed by atoms with Crippen LogP contribution in [0.2, 0.25) is 0 Å². The Balaban J connectivity index is 1.56. The van der Waals surface area contributed by atoms with Crippen molar-refractivity contribution < 1.29 is 14.0 Å². The lowest BCUT2D eigenvalue weighted by Gasteiger charge is -2.11. The van der Waals surface area contributed by atoms with E-state index >= 15 is 0 Å². The number of hydrazine groups is 1. The molecular weight excluding hydrogens is 427 g/mol. The van der Waals surface area contributed by atoms with Crippen LogP contribution in [-0.2, 0) is 6.54 Å². The predicted octanol–water partition coefficient (Wildman–Crippen LogP) is 2.51. The number of aromatic nitrogens is 4. The molecule has 4 aromatic rings. The average Bonchev–Trinajstić information content (AvgIpc) is 3.21. The van der Waals surface area contributed by atoms with Crippen molar-refractivity contribution in [2.24, 2.45) is 0 Å². The summed E-state index contributed by atoms with van der Waals surface area (Å²) in [6.07, 6.45) is 2.02. The Bertz CT molecular complexity index is 1410. The van der Waals surface area contributed by atoms with Crippen molar-refractivity contribution >= 4 is 22.6 Å². The van der Waals surface area contributed by atoms with Crippen LogP contribution < -0.4 is 16.4 Å².